The van der Waals surface area contributed by atoms with Gasteiger partial charge in [-0.25, -0.2) is 0 Å². The molecule has 2 heterocycles. The Kier molecular flexibility index (Phi) is 4.62. The quantitative estimate of drug-likeness (QED) is 0.837. The van der Waals surface area contributed by atoms with E-state index in [-0.39, 0.29) is 0 Å². The summed E-state index contributed by atoms with van der Waals surface area (Å²) in [6.45, 7) is 7.13. The number of hydrogen-bond donors (Lipinski definition) is 0. The number of methoxy groups -OCH3 is 2. The number of piperidine rings is 1. The number of benzene rings is 1. The molecule has 1 fully saturated rings. The molecule has 0 spiro atoms. The zero-order valence-corrected chi connectivity index (χ0v) is 14.4. The molecule has 2 aliphatic heterocycles. The number of hydrogen-bond acceptors (Lipinski definition) is 3. The highest BCUT2D eigenvalue weighted by Gasteiger charge is 2.34. The van der Waals surface area contributed by atoms with Crippen molar-refractivity contribution < 1.29 is 9.47 Å². The smallest absolute Gasteiger partial charge is 0.161 e. The lowest BCUT2D eigenvalue weighted by molar-refractivity contribution is 0.0894. The summed E-state index contributed by atoms with van der Waals surface area (Å²) >= 11 is 0. The van der Waals surface area contributed by atoms with Crippen LogP contribution in [0.2, 0.25) is 0 Å². The Labute approximate surface area is 134 Å². The van der Waals surface area contributed by atoms with Crippen LogP contribution in [0, 0.1) is 11.8 Å². The molecule has 0 amide bonds. The van der Waals surface area contributed by atoms with Crippen LogP contribution in [0.4, 0.5) is 0 Å². The first-order valence-corrected chi connectivity index (χ1v) is 8.61. The van der Waals surface area contributed by atoms with Crippen molar-refractivity contribution in [3.05, 3.63) is 23.3 Å². The highest BCUT2D eigenvalue weighted by Crippen LogP contribution is 2.43. The maximum atomic E-state index is 5.51. The Morgan fingerprint density at radius 2 is 1.86 bits per heavy atom. The molecule has 1 aromatic rings. The molecular formula is C19H29NO2. The predicted molar refractivity (Wildman–Crippen MR) is 89.7 cm³/mol. The third-order valence-electron chi connectivity index (χ3n) is 5.26. The summed E-state index contributed by atoms with van der Waals surface area (Å²) in [5.74, 6) is 3.41. The van der Waals surface area contributed by atoms with Crippen molar-refractivity contribution in [3.8, 4) is 11.5 Å². The lowest BCUT2D eigenvalue weighted by atomic mass is 9.81. The molecule has 1 unspecified atom stereocenters. The zero-order chi connectivity index (χ0) is 15.7. The minimum absolute atomic E-state index is 0.576. The molecule has 3 nitrogen and oxygen atoms in total. The van der Waals surface area contributed by atoms with Crippen LogP contribution in [0.5, 0.6) is 11.5 Å². The van der Waals surface area contributed by atoms with Crippen LogP contribution in [0.1, 0.15) is 50.3 Å². The van der Waals surface area contributed by atoms with E-state index < -0.39 is 0 Å². The molecular weight excluding hydrogens is 274 g/mol. The minimum atomic E-state index is 0.576. The summed E-state index contributed by atoms with van der Waals surface area (Å²) in [6, 6.07) is 4.98. The van der Waals surface area contributed by atoms with Crippen LogP contribution >= 0.6 is 0 Å². The van der Waals surface area contributed by atoms with Gasteiger partial charge in [-0.3, -0.25) is 4.90 Å². The van der Waals surface area contributed by atoms with Gasteiger partial charge < -0.3 is 9.47 Å². The van der Waals surface area contributed by atoms with Gasteiger partial charge in [0.05, 0.1) is 14.2 Å². The molecule has 0 N–H and O–H groups in total. The number of rotatable bonds is 4. The van der Waals surface area contributed by atoms with Gasteiger partial charge in [0.15, 0.2) is 11.5 Å². The Balaban J connectivity index is 1.82. The second-order valence-corrected chi connectivity index (χ2v) is 7.24. The molecule has 22 heavy (non-hydrogen) atoms. The molecule has 1 saturated heterocycles. The van der Waals surface area contributed by atoms with Gasteiger partial charge in [0.2, 0.25) is 0 Å². The number of ether oxygens (including phenoxy) is 2. The van der Waals surface area contributed by atoms with Crippen molar-refractivity contribution in [1.29, 1.82) is 0 Å². The summed E-state index contributed by atoms with van der Waals surface area (Å²) < 4.78 is 11.0. The third kappa shape index (κ3) is 2.96. The number of nitrogens with zero attached hydrogens (tertiary/aromatic N) is 1. The first-order valence-electron chi connectivity index (χ1n) is 8.61. The summed E-state index contributed by atoms with van der Waals surface area (Å²) in [5, 5.41) is 0. The molecule has 3 rings (SSSR count). The highest BCUT2D eigenvalue weighted by atomic mass is 16.5. The van der Waals surface area contributed by atoms with Gasteiger partial charge >= 0.3 is 0 Å². The molecule has 0 aromatic heterocycles. The van der Waals surface area contributed by atoms with Crippen molar-refractivity contribution >= 4 is 0 Å². The topological polar surface area (TPSA) is 21.7 Å². The molecule has 0 saturated carbocycles. The number of fused-ring (bicyclic) bond motifs is 3. The molecule has 0 radical (unpaired) electrons. The van der Waals surface area contributed by atoms with Crippen molar-refractivity contribution in [2.45, 2.75) is 45.6 Å². The van der Waals surface area contributed by atoms with E-state index in [1.165, 1.54) is 43.5 Å². The fourth-order valence-electron chi connectivity index (χ4n) is 4.31. The fraction of sp³-hybridized carbons (Fsp3) is 0.684. The largest absolute Gasteiger partial charge is 0.493 e. The van der Waals surface area contributed by atoms with E-state index in [4.69, 9.17) is 9.47 Å². The summed E-state index contributed by atoms with van der Waals surface area (Å²) in [4.78, 5) is 2.70. The van der Waals surface area contributed by atoms with E-state index >= 15 is 0 Å². The molecule has 2 atom stereocenters. The lowest BCUT2D eigenvalue weighted by Gasteiger charge is -2.44. The summed E-state index contributed by atoms with van der Waals surface area (Å²) in [6.07, 6.45) is 5.12. The second-order valence-electron chi connectivity index (χ2n) is 7.24. The molecule has 2 aliphatic rings. The first kappa shape index (κ1) is 15.7. The molecule has 122 valence electrons. The Morgan fingerprint density at radius 1 is 1.14 bits per heavy atom. The first-order chi connectivity index (χ1) is 10.6. The van der Waals surface area contributed by atoms with E-state index in [2.05, 4.69) is 30.9 Å². The SMILES string of the molecule is COc1cc2c(cc1OC)C1CC[C@H](CC(C)C)CN1CC2. The molecule has 0 aliphatic carbocycles. The highest BCUT2D eigenvalue weighted by molar-refractivity contribution is 5.49. The molecule has 3 heteroatoms. The van der Waals surface area contributed by atoms with Gasteiger partial charge in [0, 0.05) is 19.1 Å². The summed E-state index contributed by atoms with van der Waals surface area (Å²) in [7, 11) is 3.45. The third-order valence-corrected chi connectivity index (χ3v) is 5.26. The average Bonchev–Trinajstić information content (AvgIpc) is 2.52. The minimum Gasteiger partial charge on any atom is -0.493 e. The van der Waals surface area contributed by atoms with Gasteiger partial charge in [-0.15, -0.1) is 0 Å². The average molecular weight is 303 g/mol. The van der Waals surface area contributed by atoms with Crippen LogP contribution in [-0.4, -0.2) is 32.2 Å². The Hall–Kier alpha value is -1.22. The van der Waals surface area contributed by atoms with Crippen LogP contribution in [-0.2, 0) is 6.42 Å². The monoisotopic (exact) mass is 303 g/mol. The van der Waals surface area contributed by atoms with Crippen LogP contribution in [0.25, 0.3) is 0 Å². The standard InChI is InChI=1S/C19H29NO2/c1-13(2)9-14-5-6-17-16-11-19(22-4)18(21-3)10-15(16)7-8-20(17)12-14/h10-11,13-14,17H,5-9,12H2,1-4H3/t14-,17?/m1/s1. The molecule has 0 bridgehead atoms. The van der Waals surface area contributed by atoms with E-state index in [0.717, 1.165) is 29.8 Å². The van der Waals surface area contributed by atoms with E-state index in [1.807, 2.05) is 0 Å². The Morgan fingerprint density at radius 3 is 2.55 bits per heavy atom. The predicted octanol–water partition coefficient (Wildman–Crippen LogP) is 4.06. The maximum Gasteiger partial charge on any atom is 0.161 e. The van der Waals surface area contributed by atoms with Crippen molar-refractivity contribution in [3.63, 3.8) is 0 Å². The molecule has 1 aromatic carbocycles. The van der Waals surface area contributed by atoms with Crippen molar-refractivity contribution in [2.75, 3.05) is 27.3 Å². The van der Waals surface area contributed by atoms with Gasteiger partial charge in [0.1, 0.15) is 0 Å². The lowest BCUT2D eigenvalue weighted by Crippen LogP contribution is -2.42. The van der Waals surface area contributed by atoms with Crippen LogP contribution in [0.15, 0.2) is 12.1 Å². The van der Waals surface area contributed by atoms with Crippen LogP contribution in [0.3, 0.4) is 0 Å². The van der Waals surface area contributed by atoms with E-state index in [0.29, 0.717) is 6.04 Å². The van der Waals surface area contributed by atoms with Gasteiger partial charge in [-0.05, 0) is 60.8 Å². The van der Waals surface area contributed by atoms with Gasteiger partial charge in [-0.2, -0.15) is 0 Å². The second kappa shape index (κ2) is 6.49. The van der Waals surface area contributed by atoms with Crippen molar-refractivity contribution in [1.82, 2.24) is 4.90 Å². The summed E-state index contributed by atoms with van der Waals surface area (Å²) in [5.41, 5.74) is 2.91. The normalized spacial score (nSPS) is 24.8. The van der Waals surface area contributed by atoms with E-state index in [1.54, 1.807) is 14.2 Å². The van der Waals surface area contributed by atoms with Gasteiger partial charge in [-0.1, -0.05) is 13.8 Å². The Bertz CT molecular complexity index is 526. The van der Waals surface area contributed by atoms with Crippen LogP contribution < -0.4 is 9.47 Å². The van der Waals surface area contributed by atoms with Crippen molar-refractivity contribution in [2.24, 2.45) is 11.8 Å². The zero-order valence-electron chi connectivity index (χ0n) is 14.4. The van der Waals surface area contributed by atoms with E-state index in [9.17, 15) is 0 Å². The van der Waals surface area contributed by atoms with Gasteiger partial charge in [0.25, 0.3) is 0 Å². The maximum absolute atomic E-state index is 5.51. The fourth-order valence-corrected chi connectivity index (χ4v) is 4.31.